The Kier molecular flexibility index (Phi) is 2.93. The maximum Gasteiger partial charge on any atom is 0.352 e. The molecule has 0 aliphatic rings. The van der Waals surface area contributed by atoms with E-state index in [0.29, 0.717) is 0 Å². The van der Waals surface area contributed by atoms with Crippen LogP contribution in [0, 0.1) is 12.7 Å². The van der Waals surface area contributed by atoms with Gasteiger partial charge in [-0.15, -0.1) is 0 Å². The molecule has 2 N–H and O–H groups in total. The van der Waals surface area contributed by atoms with Crippen molar-refractivity contribution in [1.29, 1.82) is 0 Å². The molecule has 1 aromatic heterocycles. The molecule has 5 nitrogen and oxygen atoms in total. The summed E-state index contributed by atoms with van der Waals surface area (Å²) in [6.07, 6.45) is 0. The molecule has 0 amide bonds. The lowest BCUT2D eigenvalue weighted by Crippen LogP contribution is -2.19. The summed E-state index contributed by atoms with van der Waals surface area (Å²) in [4.78, 5) is 28.0. The molecule has 92 valence electrons. The van der Waals surface area contributed by atoms with E-state index in [1.807, 2.05) is 0 Å². The summed E-state index contributed by atoms with van der Waals surface area (Å²) in [6, 6.07) is 5.74. The number of carbonyl (C=O) groups is 1. The molecule has 0 aliphatic heterocycles. The number of halogens is 1. The van der Waals surface area contributed by atoms with Crippen LogP contribution >= 0.6 is 0 Å². The second kappa shape index (κ2) is 4.40. The number of hydrogen-bond donors (Lipinski definition) is 2. The first-order chi connectivity index (χ1) is 8.50. The number of carboxylic acid groups (broad SMARTS) is 1. The Morgan fingerprint density at radius 2 is 2.06 bits per heavy atom. The Labute approximate surface area is 101 Å². The molecule has 2 aromatic rings. The molecule has 2 rings (SSSR count). The van der Waals surface area contributed by atoms with Crippen molar-refractivity contribution in [1.82, 2.24) is 9.97 Å². The largest absolute Gasteiger partial charge is 0.477 e. The zero-order valence-electron chi connectivity index (χ0n) is 9.40. The van der Waals surface area contributed by atoms with E-state index in [4.69, 9.17) is 5.11 Å². The summed E-state index contributed by atoms with van der Waals surface area (Å²) >= 11 is 0. The second-order valence-electron chi connectivity index (χ2n) is 3.68. The highest BCUT2D eigenvalue weighted by Gasteiger charge is 2.17. The van der Waals surface area contributed by atoms with Gasteiger partial charge in [-0.05, 0) is 19.1 Å². The number of H-pyrrole nitrogens is 1. The number of aromatic amines is 1. The molecule has 18 heavy (non-hydrogen) atoms. The first-order valence-electron chi connectivity index (χ1n) is 5.10. The fraction of sp³-hybridized carbons (Fsp3) is 0.0833. The molecule has 0 unspecified atom stereocenters. The van der Waals surface area contributed by atoms with E-state index < -0.39 is 17.5 Å². The third-order valence-corrected chi connectivity index (χ3v) is 2.52. The predicted molar refractivity (Wildman–Crippen MR) is 61.9 cm³/mol. The number of aromatic carboxylic acids is 1. The van der Waals surface area contributed by atoms with Gasteiger partial charge in [-0.2, -0.15) is 4.98 Å². The lowest BCUT2D eigenvalue weighted by atomic mass is 10.1. The van der Waals surface area contributed by atoms with Gasteiger partial charge in [-0.1, -0.05) is 12.1 Å². The van der Waals surface area contributed by atoms with Crippen molar-refractivity contribution in [2.45, 2.75) is 6.92 Å². The van der Waals surface area contributed by atoms with E-state index in [9.17, 15) is 14.0 Å². The molecule has 0 atom stereocenters. The van der Waals surface area contributed by atoms with Crippen LogP contribution in [0.3, 0.4) is 0 Å². The molecule has 0 spiro atoms. The zero-order valence-corrected chi connectivity index (χ0v) is 9.40. The van der Waals surface area contributed by atoms with Gasteiger partial charge in [0.15, 0.2) is 0 Å². The Bertz CT molecular complexity index is 679. The Hall–Kier alpha value is -2.50. The van der Waals surface area contributed by atoms with Gasteiger partial charge in [-0.3, -0.25) is 4.98 Å². The van der Waals surface area contributed by atoms with Crippen molar-refractivity contribution in [2.75, 3.05) is 0 Å². The summed E-state index contributed by atoms with van der Waals surface area (Å²) in [5, 5.41) is 8.94. The number of aromatic nitrogens is 2. The van der Waals surface area contributed by atoms with Crippen molar-refractivity contribution < 1.29 is 14.3 Å². The molecule has 0 aliphatic carbocycles. The van der Waals surface area contributed by atoms with Gasteiger partial charge in [0.05, 0.1) is 5.69 Å². The van der Waals surface area contributed by atoms with Crippen LogP contribution in [0.4, 0.5) is 4.39 Å². The van der Waals surface area contributed by atoms with Crippen LogP contribution in [0.25, 0.3) is 11.3 Å². The van der Waals surface area contributed by atoms with Gasteiger partial charge >= 0.3 is 11.7 Å². The van der Waals surface area contributed by atoms with Gasteiger partial charge in [0, 0.05) is 11.1 Å². The summed E-state index contributed by atoms with van der Waals surface area (Å²) in [6.45, 7) is 1.47. The number of rotatable bonds is 2. The molecule has 0 fully saturated rings. The van der Waals surface area contributed by atoms with Crippen molar-refractivity contribution in [2.24, 2.45) is 0 Å². The molecule has 0 bridgehead atoms. The van der Waals surface area contributed by atoms with E-state index in [2.05, 4.69) is 9.97 Å². The maximum absolute atomic E-state index is 13.6. The lowest BCUT2D eigenvalue weighted by Gasteiger charge is -2.07. The zero-order chi connectivity index (χ0) is 13.3. The smallest absolute Gasteiger partial charge is 0.352 e. The minimum atomic E-state index is -1.29. The summed E-state index contributed by atoms with van der Waals surface area (Å²) in [5.74, 6) is -1.85. The van der Waals surface area contributed by atoms with Gasteiger partial charge in [0.25, 0.3) is 0 Å². The number of carboxylic acids is 1. The SMILES string of the molecule is Cc1c(-c2ccccc2F)nc(=O)[nH]c1C(=O)O. The molecule has 6 heteroatoms. The third kappa shape index (κ3) is 2.00. The van der Waals surface area contributed by atoms with Crippen LogP contribution in [0.2, 0.25) is 0 Å². The molecule has 0 saturated carbocycles. The Balaban J connectivity index is 2.77. The van der Waals surface area contributed by atoms with Crippen LogP contribution < -0.4 is 5.69 Å². The third-order valence-electron chi connectivity index (χ3n) is 2.52. The van der Waals surface area contributed by atoms with Crippen LogP contribution in [-0.2, 0) is 0 Å². The topological polar surface area (TPSA) is 83.0 Å². The fourth-order valence-corrected chi connectivity index (χ4v) is 1.66. The quantitative estimate of drug-likeness (QED) is 0.845. The Morgan fingerprint density at radius 3 is 2.67 bits per heavy atom. The lowest BCUT2D eigenvalue weighted by molar-refractivity contribution is 0.0689. The summed E-state index contributed by atoms with van der Waals surface area (Å²) in [7, 11) is 0. The van der Waals surface area contributed by atoms with Crippen LogP contribution in [0.15, 0.2) is 29.1 Å². The molecule has 0 radical (unpaired) electrons. The van der Waals surface area contributed by atoms with E-state index in [1.165, 1.54) is 25.1 Å². The number of hydrogen-bond acceptors (Lipinski definition) is 3. The van der Waals surface area contributed by atoms with Crippen molar-refractivity contribution in [3.8, 4) is 11.3 Å². The highest BCUT2D eigenvalue weighted by molar-refractivity contribution is 5.89. The monoisotopic (exact) mass is 248 g/mol. The first kappa shape index (κ1) is 12.0. The summed E-state index contributed by atoms with van der Waals surface area (Å²) < 4.78 is 13.6. The molecule has 1 heterocycles. The normalized spacial score (nSPS) is 10.3. The van der Waals surface area contributed by atoms with Gasteiger partial charge < -0.3 is 5.11 Å². The highest BCUT2D eigenvalue weighted by atomic mass is 19.1. The second-order valence-corrected chi connectivity index (χ2v) is 3.68. The van der Waals surface area contributed by atoms with Gasteiger partial charge in [0.1, 0.15) is 11.5 Å². The average molecular weight is 248 g/mol. The fourth-order valence-electron chi connectivity index (χ4n) is 1.66. The average Bonchev–Trinajstić information content (AvgIpc) is 2.32. The van der Waals surface area contributed by atoms with Crippen LogP contribution in [0.5, 0.6) is 0 Å². The minimum Gasteiger partial charge on any atom is -0.477 e. The van der Waals surface area contributed by atoms with Crippen molar-refractivity contribution >= 4 is 5.97 Å². The standard InChI is InChI=1S/C12H9FN2O3/c1-6-9(7-4-2-3-5-8(7)13)14-12(18)15-10(6)11(16)17/h2-5H,1H3,(H,16,17)(H,14,15,18). The first-order valence-corrected chi connectivity index (χ1v) is 5.10. The van der Waals surface area contributed by atoms with Crippen LogP contribution in [-0.4, -0.2) is 21.0 Å². The van der Waals surface area contributed by atoms with E-state index in [1.54, 1.807) is 6.07 Å². The summed E-state index contributed by atoms with van der Waals surface area (Å²) in [5.41, 5.74) is -0.755. The molecule has 0 saturated heterocycles. The highest BCUT2D eigenvalue weighted by Crippen LogP contribution is 2.23. The van der Waals surface area contributed by atoms with E-state index in [0.717, 1.165) is 0 Å². The molecular formula is C12H9FN2O3. The van der Waals surface area contributed by atoms with Gasteiger partial charge in [0.2, 0.25) is 0 Å². The van der Waals surface area contributed by atoms with Crippen LogP contribution in [0.1, 0.15) is 16.1 Å². The Morgan fingerprint density at radius 1 is 1.39 bits per heavy atom. The number of nitrogens with zero attached hydrogens (tertiary/aromatic N) is 1. The number of nitrogens with one attached hydrogen (secondary N) is 1. The van der Waals surface area contributed by atoms with E-state index in [-0.39, 0.29) is 22.5 Å². The minimum absolute atomic E-state index is 0.0363. The molecule has 1 aromatic carbocycles. The predicted octanol–water partition coefficient (Wildman–Crippen LogP) is 1.58. The maximum atomic E-state index is 13.6. The van der Waals surface area contributed by atoms with Crippen molar-refractivity contribution in [3.63, 3.8) is 0 Å². The molecular weight excluding hydrogens is 239 g/mol. The van der Waals surface area contributed by atoms with E-state index >= 15 is 0 Å². The van der Waals surface area contributed by atoms with Crippen molar-refractivity contribution in [3.05, 3.63) is 51.8 Å². The number of benzene rings is 1. The van der Waals surface area contributed by atoms with Gasteiger partial charge in [-0.25, -0.2) is 14.0 Å².